The zero-order valence-corrected chi connectivity index (χ0v) is 16.9. The number of aliphatic hydroxyl groups excluding tert-OH is 6. The number of amides is 1. The Balaban J connectivity index is 1.52. The van der Waals surface area contributed by atoms with Gasteiger partial charge in [0.15, 0.2) is 17.8 Å². The molecule has 1 aliphatic carbocycles. The summed E-state index contributed by atoms with van der Waals surface area (Å²) in [5.74, 6) is -0.938. The van der Waals surface area contributed by atoms with Crippen molar-refractivity contribution in [3.8, 4) is 17.2 Å². The molecule has 33 heavy (non-hydrogen) atoms. The first kappa shape index (κ1) is 22.3. The van der Waals surface area contributed by atoms with Crippen LogP contribution in [0.5, 0.6) is 17.2 Å². The Bertz CT molecular complexity index is 996. The predicted octanol–water partition coefficient (Wildman–Crippen LogP) is -3.46. The first-order valence-corrected chi connectivity index (χ1v) is 10.2. The van der Waals surface area contributed by atoms with Crippen LogP contribution in [-0.2, 0) is 9.47 Å². The van der Waals surface area contributed by atoms with Gasteiger partial charge in [-0.25, -0.2) is 0 Å². The highest BCUT2D eigenvalue weighted by Gasteiger charge is 2.49. The molecule has 0 saturated carbocycles. The third-order valence-electron chi connectivity index (χ3n) is 6.31. The molecule has 0 bridgehead atoms. The fourth-order valence-electron chi connectivity index (χ4n) is 4.53. The second-order valence-corrected chi connectivity index (χ2v) is 8.23. The molecule has 0 radical (unpaired) electrons. The first-order valence-electron chi connectivity index (χ1n) is 10.2. The Hall–Kier alpha value is -2.49. The largest absolute Gasteiger partial charge is 0.504 e. The van der Waals surface area contributed by atoms with Crippen LogP contribution in [0.1, 0.15) is 15.9 Å². The molecule has 1 fully saturated rings. The number of fused-ring (bicyclic) bond motifs is 4. The highest BCUT2D eigenvalue weighted by Crippen LogP contribution is 2.48. The highest BCUT2D eigenvalue weighted by atomic mass is 16.7. The van der Waals surface area contributed by atoms with Gasteiger partial charge in [0.25, 0.3) is 5.91 Å². The quantitative estimate of drug-likeness (QED) is 0.217. The van der Waals surface area contributed by atoms with Gasteiger partial charge in [0.2, 0.25) is 12.5 Å². The van der Waals surface area contributed by atoms with Crippen molar-refractivity contribution in [3.63, 3.8) is 0 Å². The van der Waals surface area contributed by atoms with Crippen molar-refractivity contribution >= 4 is 11.5 Å². The number of hydrogen-bond donors (Lipinski definition) is 8. The summed E-state index contributed by atoms with van der Waals surface area (Å²) in [6.07, 6.45) is -10.9. The Labute approximate surface area is 186 Å². The summed E-state index contributed by atoms with van der Waals surface area (Å²) < 4.78 is 21.4. The molecule has 5 rings (SSSR count). The normalized spacial score (nSPS) is 39.4. The van der Waals surface area contributed by atoms with E-state index >= 15 is 0 Å². The molecule has 9 atom stereocenters. The zero-order chi connectivity index (χ0) is 23.6. The molecule has 1 amide bonds. The smallest absolute Gasteiger partial charge is 0.256 e. The Kier molecular flexibility index (Phi) is 5.46. The molecule has 3 aliphatic heterocycles. The van der Waals surface area contributed by atoms with E-state index in [1.165, 1.54) is 12.1 Å². The van der Waals surface area contributed by atoms with Crippen LogP contribution in [0, 0.1) is 0 Å². The van der Waals surface area contributed by atoms with Gasteiger partial charge in [0.05, 0.1) is 18.2 Å². The van der Waals surface area contributed by atoms with Gasteiger partial charge >= 0.3 is 0 Å². The first-order chi connectivity index (χ1) is 15.7. The van der Waals surface area contributed by atoms with E-state index < -0.39 is 73.3 Å². The lowest BCUT2D eigenvalue weighted by Crippen LogP contribution is -2.62. The molecule has 1 aromatic carbocycles. The van der Waals surface area contributed by atoms with Gasteiger partial charge in [-0.1, -0.05) is 0 Å². The molecule has 1 aromatic rings. The maximum Gasteiger partial charge on any atom is 0.256 e. The van der Waals surface area contributed by atoms with Crippen LogP contribution in [0.15, 0.2) is 12.1 Å². The van der Waals surface area contributed by atoms with E-state index in [-0.39, 0.29) is 29.4 Å². The molecule has 0 spiro atoms. The van der Waals surface area contributed by atoms with Crippen LogP contribution < -0.4 is 14.8 Å². The van der Waals surface area contributed by atoms with Crippen molar-refractivity contribution in [3.05, 3.63) is 23.3 Å². The van der Waals surface area contributed by atoms with Gasteiger partial charge in [-0.3, -0.25) is 4.79 Å². The summed E-state index contributed by atoms with van der Waals surface area (Å²) in [4.78, 5) is 12.6. The van der Waals surface area contributed by atoms with E-state index in [4.69, 9.17) is 18.9 Å². The van der Waals surface area contributed by atoms with E-state index in [2.05, 4.69) is 5.32 Å². The number of phenolic OH excluding ortho intramolecular Hbond substituents is 1. The van der Waals surface area contributed by atoms with E-state index in [1.54, 1.807) is 0 Å². The van der Waals surface area contributed by atoms with Crippen LogP contribution >= 0.6 is 0 Å². The minimum absolute atomic E-state index is 0.00783. The number of aromatic hydroxyl groups is 1. The lowest BCUT2D eigenvalue weighted by atomic mass is 9.79. The summed E-state index contributed by atoms with van der Waals surface area (Å²) in [6.45, 7) is -0.824. The van der Waals surface area contributed by atoms with Crippen molar-refractivity contribution in [1.82, 2.24) is 5.32 Å². The maximum atomic E-state index is 12.6. The van der Waals surface area contributed by atoms with E-state index in [1.807, 2.05) is 0 Å². The number of carbonyl (C=O) groups excluding carboxylic acids is 1. The second kappa shape index (κ2) is 8.07. The number of carbonyl (C=O) groups is 1. The molecule has 13 nitrogen and oxygen atoms in total. The molecule has 0 aromatic heterocycles. The predicted molar refractivity (Wildman–Crippen MR) is 104 cm³/mol. The van der Waals surface area contributed by atoms with Crippen molar-refractivity contribution in [2.45, 2.75) is 55.1 Å². The lowest BCUT2D eigenvalue weighted by molar-refractivity contribution is -0.314. The van der Waals surface area contributed by atoms with Crippen molar-refractivity contribution in [2.24, 2.45) is 0 Å². The third kappa shape index (κ3) is 3.36. The monoisotopic (exact) mass is 469 g/mol. The van der Waals surface area contributed by atoms with Crippen LogP contribution in [0.4, 0.5) is 0 Å². The Morgan fingerprint density at radius 1 is 1.03 bits per heavy atom. The molecule has 9 unspecified atom stereocenters. The minimum atomic E-state index is -1.72. The van der Waals surface area contributed by atoms with Gasteiger partial charge in [-0.2, -0.15) is 0 Å². The van der Waals surface area contributed by atoms with Crippen LogP contribution in [0.3, 0.4) is 0 Å². The van der Waals surface area contributed by atoms with Gasteiger partial charge in [0.1, 0.15) is 42.7 Å². The fraction of sp³-hybridized carbons (Fsp3) is 0.550. The number of aliphatic hydroxyl groups is 6. The second-order valence-electron chi connectivity index (χ2n) is 8.23. The van der Waals surface area contributed by atoms with Crippen molar-refractivity contribution in [1.29, 1.82) is 0 Å². The molecule has 1 saturated heterocycles. The number of phenols is 1. The number of rotatable bonds is 3. The van der Waals surface area contributed by atoms with Crippen molar-refractivity contribution < 1.29 is 59.5 Å². The molecule has 180 valence electrons. The molecule has 8 N–H and O–H groups in total. The number of ether oxygens (including phenoxy) is 4. The van der Waals surface area contributed by atoms with Crippen LogP contribution in [0.25, 0.3) is 5.57 Å². The highest BCUT2D eigenvalue weighted by molar-refractivity contribution is 6.07. The van der Waals surface area contributed by atoms with E-state index in [0.29, 0.717) is 5.57 Å². The number of nitrogens with one attached hydrogen (secondary N) is 1. The van der Waals surface area contributed by atoms with Gasteiger partial charge in [-0.15, -0.1) is 0 Å². The van der Waals surface area contributed by atoms with Crippen LogP contribution in [-0.4, -0.2) is 110 Å². The van der Waals surface area contributed by atoms with Crippen LogP contribution in [0.2, 0.25) is 0 Å². The topological polar surface area (TPSA) is 208 Å². The van der Waals surface area contributed by atoms with Gasteiger partial charge in [0, 0.05) is 5.56 Å². The van der Waals surface area contributed by atoms with E-state index in [0.717, 1.165) is 0 Å². The third-order valence-corrected chi connectivity index (χ3v) is 6.31. The molecule has 13 heteroatoms. The molecule has 3 heterocycles. The summed E-state index contributed by atoms with van der Waals surface area (Å²) in [6, 6.07) is 0.416. The molecular formula is C20H23NO12. The summed E-state index contributed by atoms with van der Waals surface area (Å²) in [5.41, 5.74) is 0.404. The zero-order valence-electron chi connectivity index (χ0n) is 16.9. The van der Waals surface area contributed by atoms with Crippen molar-refractivity contribution in [2.75, 3.05) is 13.4 Å². The fourth-order valence-corrected chi connectivity index (χ4v) is 4.53. The summed E-state index contributed by atoms with van der Waals surface area (Å²) in [5, 5.41) is 73.9. The van der Waals surface area contributed by atoms with Gasteiger partial charge in [-0.05, 0) is 17.7 Å². The Morgan fingerprint density at radius 3 is 2.52 bits per heavy atom. The van der Waals surface area contributed by atoms with Gasteiger partial charge < -0.3 is 60.0 Å². The van der Waals surface area contributed by atoms with E-state index in [9.17, 15) is 40.5 Å². The average Bonchev–Trinajstić information content (AvgIpc) is 3.27. The number of benzene rings is 1. The SMILES string of the molecule is O=C1NC2C(=CC(OC3OC(CO)C(O)C(O)C3O)C(O)C2O)c2cc3c(c(O)c21)OCO3. The number of hydrogen-bond acceptors (Lipinski definition) is 12. The average molecular weight is 469 g/mol. The standard InChI is InChI=1S/C20H23NO12/c22-3-9-13(24)16(27)17(28)20(33-9)32-7-2-6-5-1-8-18(31-4-30-8)14(25)10(5)19(29)21-11(6)15(26)12(7)23/h1-2,7,9,11-13,15-17,20,22-28H,3-4H2,(H,21,29). The molecular weight excluding hydrogens is 446 g/mol. The summed E-state index contributed by atoms with van der Waals surface area (Å²) in [7, 11) is 0. The molecule has 4 aliphatic rings. The lowest BCUT2D eigenvalue weighted by Gasteiger charge is -2.44. The maximum absolute atomic E-state index is 12.6. The summed E-state index contributed by atoms with van der Waals surface area (Å²) >= 11 is 0. The minimum Gasteiger partial charge on any atom is -0.504 e. The Morgan fingerprint density at radius 2 is 1.79 bits per heavy atom.